The van der Waals surface area contributed by atoms with E-state index in [1.165, 1.54) is 0 Å². The summed E-state index contributed by atoms with van der Waals surface area (Å²) in [4.78, 5) is 16.3. The maximum absolute atomic E-state index is 12.3. The molecular formula is C14H14ClN3O2. The molecule has 0 aliphatic rings. The number of nitrogens with two attached hydrogens (primary N) is 1. The van der Waals surface area contributed by atoms with Crippen molar-refractivity contribution in [2.75, 3.05) is 17.7 Å². The molecule has 6 heteroatoms. The Bertz CT molecular complexity index is 632. The van der Waals surface area contributed by atoms with Gasteiger partial charge in [0.1, 0.15) is 11.3 Å². The molecule has 0 atom stereocenters. The molecule has 1 amide bonds. The van der Waals surface area contributed by atoms with Crippen LogP contribution in [0.3, 0.4) is 0 Å². The fourth-order valence-electron chi connectivity index (χ4n) is 1.71. The molecular weight excluding hydrogens is 278 g/mol. The number of hydrogen-bond acceptors (Lipinski definition) is 4. The molecule has 104 valence electrons. The lowest BCUT2D eigenvalue weighted by molar-refractivity contribution is 0.102. The summed E-state index contributed by atoms with van der Waals surface area (Å²) >= 11 is 5.96. The number of nitrogens with zero attached hydrogens (tertiary/aromatic N) is 1. The summed E-state index contributed by atoms with van der Waals surface area (Å²) in [7, 11) is 0. The molecule has 0 aliphatic heterocycles. The van der Waals surface area contributed by atoms with Gasteiger partial charge in [-0.1, -0.05) is 17.7 Å². The number of halogens is 1. The largest absolute Gasteiger partial charge is 0.493 e. The predicted octanol–water partition coefficient (Wildman–Crippen LogP) is 2.97. The smallest absolute Gasteiger partial charge is 0.262 e. The van der Waals surface area contributed by atoms with Gasteiger partial charge in [0.2, 0.25) is 0 Å². The zero-order valence-electron chi connectivity index (χ0n) is 10.9. The van der Waals surface area contributed by atoms with Gasteiger partial charge in [-0.3, -0.25) is 4.79 Å². The second kappa shape index (κ2) is 6.25. The highest BCUT2D eigenvalue weighted by atomic mass is 35.5. The van der Waals surface area contributed by atoms with Crippen molar-refractivity contribution >= 4 is 29.0 Å². The van der Waals surface area contributed by atoms with Gasteiger partial charge in [0.15, 0.2) is 5.82 Å². The van der Waals surface area contributed by atoms with E-state index in [4.69, 9.17) is 22.1 Å². The molecule has 3 N–H and O–H groups in total. The van der Waals surface area contributed by atoms with Gasteiger partial charge in [-0.15, -0.1) is 0 Å². The first-order valence-electron chi connectivity index (χ1n) is 6.06. The van der Waals surface area contributed by atoms with Crippen molar-refractivity contribution in [1.82, 2.24) is 4.98 Å². The molecule has 0 spiro atoms. The standard InChI is InChI=1S/C14H14ClN3O2/c1-2-20-11-7-3-6-10(16)12(11)14(19)18-13-9(15)5-4-8-17-13/h3-8H,2,16H2,1H3,(H,17,18,19). The van der Waals surface area contributed by atoms with Crippen molar-refractivity contribution in [3.63, 3.8) is 0 Å². The highest BCUT2D eigenvalue weighted by molar-refractivity contribution is 6.33. The van der Waals surface area contributed by atoms with E-state index in [0.29, 0.717) is 23.1 Å². The molecule has 20 heavy (non-hydrogen) atoms. The first-order valence-corrected chi connectivity index (χ1v) is 6.44. The predicted molar refractivity (Wildman–Crippen MR) is 79.2 cm³/mol. The molecule has 0 aliphatic carbocycles. The van der Waals surface area contributed by atoms with Gasteiger partial charge >= 0.3 is 0 Å². The fraction of sp³-hybridized carbons (Fsp3) is 0.143. The average Bonchev–Trinajstić information content (AvgIpc) is 2.42. The van der Waals surface area contributed by atoms with E-state index in [2.05, 4.69) is 10.3 Å². The van der Waals surface area contributed by atoms with Crippen LogP contribution < -0.4 is 15.8 Å². The van der Waals surface area contributed by atoms with E-state index in [1.54, 1.807) is 36.5 Å². The molecule has 2 rings (SSSR count). The lowest BCUT2D eigenvalue weighted by Crippen LogP contribution is -2.16. The molecule has 0 radical (unpaired) electrons. The summed E-state index contributed by atoms with van der Waals surface area (Å²) in [5, 5.41) is 2.98. The monoisotopic (exact) mass is 291 g/mol. The Morgan fingerprint density at radius 1 is 1.40 bits per heavy atom. The van der Waals surface area contributed by atoms with Crippen LogP contribution in [-0.4, -0.2) is 17.5 Å². The van der Waals surface area contributed by atoms with Gasteiger partial charge in [0.05, 0.1) is 11.6 Å². The van der Waals surface area contributed by atoms with Crippen LogP contribution in [-0.2, 0) is 0 Å². The summed E-state index contributed by atoms with van der Waals surface area (Å²) in [5.41, 5.74) is 6.46. The second-order valence-electron chi connectivity index (χ2n) is 3.94. The lowest BCUT2D eigenvalue weighted by atomic mass is 10.1. The molecule has 5 nitrogen and oxygen atoms in total. The van der Waals surface area contributed by atoms with Crippen LogP contribution in [0.2, 0.25) is 5.02 Å². The zero-order chi connectivity index (χ0) is 14.5. The van der Waals surface area contributed by atoms with E-state index < -0.39 is 5.91 Å². The first-order chi connectivity index (χ1) is 9.63. The van der Waals surface area contributed by atoms with Gasteiger partial charge in [0, 0.05) is 11.9 Å². The SMILES string of the molecule is CCOc1cccc(N)c1C(=O)Nc1ncccc1Cl. The zero-order valence-corrected chi connectivity index (χ0v) is 11.6. The molecule has 1 aromatic carbocycles. The van der Waals surface area contributed by atoms with Crippen LogP contribution in [0.25, 0.3) is 0 Å². The summed E-state index contributed by atoms with van der Waals surface area (Å²) in [6.45, 7) is 2.27. The Morgan fingerprint density at radius 2 is 2.20 bits per heavy atom. The van der Waals surface area contributed by atoms with Crippen molar-refractivity contribution in [2.24, 2.45) is 0 Å². The van der Waals surface area contributed by atoms with E-state index in [0.717, 1.165) is 0 Å². The topological polar surface area (TPSA) is 77.2 Å². The number of rotatable bonds is 4. The minimum Gasteiger partial charge on any atom is -0.493 e. The number of amides is 1. The Hall–Kier alpha value is -2.27. The van der Waals surface area contributed by atoms with Gasteiger partial charge in [-0.05, 0) is 31.2 Å². The number of carbonyl (C=O) groups excluding carboxylic acids is 1. The normalized spacial score (nSPS) is 10.1. The van der Waals surface area contributed by atoms with Crippen molar-refractivity contribution in [3.8, 4) is 5.75 Å². The van der Waals surface area contributed by atoms with Crippen LogP contribution in [0, 0.1) is 0 Å². The van der Waals surface area contributed by atoms with Gasteiger partial charge in [-0.25, -0.2) is 4.98 Å². The number of ether oxygens (including phenoxy) is 1. The number of hydrogen-bond donors (Lipinski definition) is 2. The summed E-state index contributed by atoms with van der Waals surface area (Å²) in [6, 6.07) is 8.37. The van der Waals surface area contributed by atoms with Crippen LogP contribution in [0.4, 0.5) is 11.5 Å². The van der Waals surface area contributed by atoms with E-state index in [1.807, 2.05) is 6.92 Å². The van der Waals surface area contributed by atoms with Crippen LogP contribution in [0.5, 0.6) is 5.75 Å². The third-order valence-electron chi connectivity index (χ3n) is 2.58. The van der Waals surface area contributed by atoms with Gasteiger partial charge in [-0.2, -0.15) is 0 Å². The number of nitrogen functional groups attached to an aromatic ring is 1. The lowest BCUT2D eigenvalue weighted by Gasteiger charge is -2.12. The highest BCUT2D eigenvalue weighted by Gasteiger charge is 2.17. The van der Waals surface area contributed by atoms with Crippen molar-refractivity contribution in [3.05, 3.63) is 47.1 Å². The summed E-state index contributed by atoms with van der Waals surface area (Å²) in [5.74, 6) is 0.300. The van der Waals surface area contributed by atoms with E-state index in [9.17, 15) is 4.79 Å². The van der Waals surface area contributed by atoms with Crippen molar-refractivity contribution < 1.29 is 9.53 Å². The Labute approximate surface area is 121 Å². The third kappa shape index (κ3) is 3.00. The number of nitrogens with one attached hydrogen (secondary N) is 1. The Kier molecular flexibility index (Phi) is 4.42. The van der Waals surface area contributed by atoms with Crippen LogP contribution >= 0.6 is 11.6 Å². The van der Waals surface area contributed by atoms with Gasteiger partial charge in [0.25, 0.3) is 5.91 Å². The summed E-state index contributed by atoms with van der Waals surface area (Å²) < 4.78 is 5.41. The first kappa shape index (κ1) is 14.1. The van der Waals surface area contributed by atoms with Crippen LogP contribution in [0.1, 0.15) is 17.3 Å². The molecule has 0 fully saturated rings. The number of anilines is 2. The maximum Gasteiger partial charge on any atom is 0.262 e. The average molecular weight is 292 g/mol. The second-order valence-corrected chi connectivity index (χ2v) is 4.35. The molecule has 1 heterocycles. The summed E-state index contributed by atoms with van der Waals surface area (Å²) in [6.07, 6.45) is 1.54. The maximum atomic E-state index is 12.3. The van der Waals surface area contributed by atoms with Crippen molar-refractivity contribution in [2.45, 2.75) is 6.92 Å². The number of benzene rings is 1. The fourth-order valence-corrected chi connectivity index (χ4v) is 1.88. The molecule has 2 aromatic rings. The molecule has 0 saturated carbocycles. The molecule has 0 saturated heterocycles. The van der Waals surface area contributed by atoms with E-state index >= 15 is 0 Å². The number of pyridine rings is 1. The van der Waals surface area contributed by atoms with Crippen molar-refractivity contribution in [1.29, 1.82) is 0 Å². The Morgan fingerprint density at radius 3 is 2.90 bits per heavy atom. The minimum absolute atomic E-state index is 0.274. The minimum atomic E-state index is -0.410. The molecule has 1 aromatic heterocycles. The third-order valence-corrected chi connectivity index (χ3v) is 2.88. The van der Waals surface area contributed by atoms with Gasteiger partial charge < -0.3 is 15.8 Å². The highest BCUT2D eigenvalue weighted by Crippen LogP contribution is 2.26. The quantitative estimate of drug-likeness (QED) is 0.849. The Balaban J connectivity index is 2.32. The van der Waals surface area contributed by atoms with E-state index in [-0.39, 0.29) is 11.4 Å². The molecule has 0 bridgehead atoms. The molecule has 0 unspecified atom stereocenters. The number of carbonyl (C=O) groups is 1. The van der Waals surface area contributed by atoms with Crippen LogP contribution in [0.15, 0.2) is 36.5 Å². The number of aromatic nitrogens is 1.